The van der Waals surface area contributed by atoms with Crippen molar-refractivity contribution in [1.29, 1.82) is 0 Å². The van der Waals surface area contributed by atoms with Gasteiger partial charge in [-0.15, -0.1) is 0 Å². The number of benzene rings is 1. The van der Waals surface area contributed by atoms with E-state index in [4.69, 9.17) is 0 Å². The first kappa shape index (κ1) is 14.4. The number of piperidine rings is 1. The van der Waals surface area contributed by atoms with Crippen LogP contribution in [0.5, 0.6) is 0 Å². The van der Waals surface area contributed by atoms with Crippen LogP contribution in [-0.2, 0) is 11.8 Å². The zero-order valence-electron chi connectivity index (χ0n) is 13.7. The molecule has 23 heavy (non-hydrogen) atoms. The topological polar surface area (TPSA) is 33.2 Å². The van der Waals surface area contributed by atoms with Crippen molar-refractivity contribution in [3.05, 3.63) is 65.5 Å². The van der Waals surface area contributed by atoms with E-state index in [9.17, 15) is 4.79 Å². The van der Waals surface area contributed by atoms with E-state index in [1.807, 2.05) is 12.1 Å². The Hall–Kier alpha value is -2.16. The summed E-state index contributed by atoms with van der Waals surface area (Å²) in [5.74, 6) is 0.614. The lowest BCUT2D eigenvalue weighted by Gasteiger charge is -2.54. The summed E-state index contributed by atoms with van der Waals surface area (Å²) in [5, 5.41) is 0. The van der Waals surface area contributed by atoms with Crippen molar-refractivity contribution >= 4 is 5.91 Å². The van der Waals surface area contributed by atoms with Crippen molar-refractivity contribution < 1.29 is 4.79 Å². The largest absolute Gasteiger partial charge is 0.335 e. The molecule has 1 saturated heterocycles. The number of hydrogen-bond acceptors (Lipinski definition) is 2. The first-order valence-corrected chi connectivity index (χ1v) is 8.40. The molecule has 1 amide bonds. The molecule has 2 aliphatic rings. The smallest absolute Gasteiger partial charge is 0.254 e. The van der Waals surface area contributed by atoms with Crippen LogP contribution in [-0.4, -0.2) is 28.4 Å². The van der Waals surface area contributed by atoms with E-state index >= 15 is 0 Å². The lowest BCUT2D eigenvalue weighted by atomic mass is 9.59. The van der Waals surface area contributed by atoms with Crippen LogP contribution in [0.4, 0.5) is 0 Å². The molecule has 2 heterocycles. The molecule has 0 spiro atoms. The third-order valence-corrected chi connectivity index (χ3v) is 6.10. The number of fused-ring (bicyclic) bond motifs is 4. The van der Waals surface area contributed by atoms with Gasteiger partial charge in [0.15, 0.2) is 0 Å². The number of carbonyl (C=O) groups is 1. The molecule has 1 aliphatic carbocycles. The second-order valence-corrected chi connectivity index (χ2v) is 7.12. The van der Waals surface area contributed by atoms with E-state index in [-0.39, 0.29) is 17.4 Å². The van der Waals surface area contributed by atoms with Gasteiger partial charge in [-0.05, 0) is 47.4 Å². The highest BCUT2D eigenvalue weighted by atomic mass is 16.2. The van der Waals surface area contributed by atoms with E-state index in [0.29, 0.717) is 5.92 Å². The van der Waals surface area contributed by atoms with E-state index < -0.39 is 0 Å². The van der Waals surface area contributed by atoms with Crippen LogP contribution in [0.15, 0.2) is 48.8 Å². The second-order valence-electron chi connectivity index (χ2n) is 7.12. The quantitative estimate of drug-likeness (QED) is 0.808. The lowest BCUT2D eigenvalue weighted by molar-refractivity contribution is 0.0250. The van der Waals surface area contributed by atoms with Gasteiger partial charge in [-0.1, -0.05) is 38.1 Å². The highest BCUT2D eigenvalue weighted by Crippen LogP contribution is 2.48. The van der Waals surface area contributed by atoms with Gasteiger partial charge >= 0.3 is 0 Å². The Balaban J connectivity index is 1.72. The van der Waals surface area contributed by atoms with Gasteiger partial charge in [0.25, 0.3) is 5.91 Å². The summed E-state index contributed by atoms with van der Waals surface area (Å²) in [6.07, 6.45) is 5.38. The molecule has 118 valence electrons. The molecule has 0 N–H and O–H groups in total. The Morgan fingerprint density at radius 1 is 1.22 bits per heavy atom. The molecule has 2 aromatic rings. The van der Waals surface area contributed by atoms with Gasteiger partial charge in [-0.25, -0.2) is 0 Å². The van der Waals surface area contributed by atoms with Crippen molar-refractivity contribution in [1.82, 2.24) is 9.88 Å². The summed E-state index contributed by atoms with van der Waals surface area (Å²) in [7, 11) is 0. The Kier molecular flexibility index (Phi) is 3.26. The molecular formula is C20H22N2O. The molecule has 1 aromatic heterocycles. The number of amides is 1. The van der Waals surface area contributed by atoms with Gasteiger partial charge in [0.2, 0.25) is 0 Å². The van der Waals surface area contributed by atoms with E-state index in [1.54, 1.807) is 12.4 Å². The first-order chi connectivity index (χ1) is 11.1. The van der Waals surface area contributed by atoms with Gasteiger partial charge in [-0.3, -0.25) is 9.78 Å². The molecule has 3 atom stereocenters. The third-order valence-electron chi connectivity index (χ3n) is 6.10. The van der Waals surface area contributed by atoms with Gasteiger partial charge in [0.1, 0.15) is 0 Å². The fourth-order valence-corrected chi connectivity index (χ4v) is 4.50. The van der Waals surface area contributed by atoms with Crippen LogP contribution in [0.1, 0.15) is 41.8 Å². The van der Waals surface area contributed by atoms with Crippen LogP contribution in [0.25, 0.3) is 0 Å². The fraction of sp³-hybridized carbons (Fsp3) is 0.400. The van der Waals surface area contributed by atoms with Crippen LogP contribution in [0.2, 0.25) is 0 Å². The highest BCUT2D eigenvalue weighted by Gasteiger charge is 2.49. The summed E-state index contributed by atoms with van der Waals surface area (Å²) in [6, 6.07) is 12.7. The number of hydrogen-bond donors (Lipinski definition) is 0. The molecule has 0 saturated carbocycles. The number of likely N-dealkylation sites (tertiary alicyclic amines) is 1. The lowest BCUT2D eigenvalue weighted by Crippen LogP contribution is -2.59. The van der Waals surface area contributed by atoms with Gasteiger partial charge in [0, 0.05) is 30.5 Å². The predicted octanol–water partition coefficient (Wildman–Crippen LogP) is 3.45. The Morgan fingerprint density at radius 2 is 1.96 bits per heavy atom. The Labute approximate surface area is 137 Å². The molecule has 1 fully saturated rings. The van der Waals surface area contributed by atoms with Crippen molar-refractivity contribution in [2.75, 3.05) is 6.54 Å². The minimum Gasteiger partial charge on any atom is -0.335 e. The second kappa shape index (κ2) is 5.19. The third kappa shape index (κ3) is 2.10. The average molecular weight is 306 g/mol. The van der Waals surface area contributed by atoms with Crippen molar-refractivity contribution in [2.24, 2.45) is 5.92 Å². The first-order valence-electron chi connectivity index (χ1n) is 8.40. The zero-order chi connectivity index (χ0) is 16.0. The molecule has 2 bridgehead atoms. The number of nitrogens with zero attached hydrogens (tertiary/aromatic N) is 2. The fourth-order valence-electron chi connectivity index (χ4n) is 4.50. The van der Waals surface area contributed by atoms with Gasteiger partial charge in [0.05, 0.1) is 0 Å². The summed E-state index contributed by atoms with van der Waals surface area (Å²) in [5.41, 5.74) is 3.81. The van der Waals surface area contributed by atoms with Gasteiger partial charge < -0.3 is 4.90 Å². The van der Waals surface area contributed by atoms with Crippen molar-refractivity contribution in [3.8, 4) is 0 Å². The van der Waals surface area contributed by atoms with E-state index in [1.165, 1.54) is 11.1 Å². The molecule has 0 unspecified atom stereocenters. The predicted molar refractivity (Wildman–Crippen MR) is 90.3 cm³/mol. The maximum atomic E-state index is 13.0. The number of carbonyl (C=O) groups excluding carboxylic acids is 1. The molecular weight excluding hydrogens is 284 g/mol. The molecule has 3 nitrogen and oxygen atoms in total. The van der Waals surface area contributed by atoms with E-state index in [0.717, 1.165) is 24.9 Å². The van der Waals surface area contributed by atoms with Crippen LogP contribution < -0.4 is 0 Å². The molecule has 1 aromatic carbocycles. The number of rotatable bonds is 1. The summed E-state index contributed by atoms with van der Waals surface area (Å²) < 4.78 is 0. The molecule has 3 heteroatoms. The van der Waals surface area contributed by atoms with Crippen LogP contribution in [0, 0.1) is 5.92 Å². The average Bonchev–Trinajstić information content (AvgIpc) is 2.58. The SMILES string of the molecule is C[C@@H]1[C@H]2Cc3ccccc3[C@]1(C)CCN2C(=O)c1ccncc1. The molecule has 1 aliphatic heterocycles. The standard InChI is InChI=1S/C20H22N2O/c1-14-18-13-16-5-3-4-6-17(16)20(14,2)9-12-22(18)19(23)15-7-10-21-11-8-15/h3-8,10-11,14,18H,9,12-13H2,1-2H3/t14-,18-,20-/m1/s1. The summed E-state index contributed by atoms with van der Waals surface area (Å²) in [4.78, 5) is 19.1. The Bertz CT molecular complexity index is 742. The van der Waals surface area contributed by atoms with Crippen LogP contribution >= 0.6 is 0 Å². The molecule has 0 radical (unpaired) electrons. The summed E-state index contributed by atoms with van der Waals surface area (Å²) in [6.45, 7) is 5.52. The minimum atomic E-state index is 0.144. The maximum absolute atomic E-state index is 13.0. The van der Waals surface area contributed by atoms with Gasteiger partial charge in [-0.2, -0.15) is 0 Å². The minimum absolute atomic E-state index is 0.144. The number of pyridine rings is 1. The van der Waals surface area contributed by atoms with Crippen molar-refractivity contribution in [2.45, 2.75) is 38.1 Å². The van der Waals surface area contributed by atoms with E-state index in [2.05, 4.69) is 48.0 Å². The normalized spacial score (nSPS) is 29.0. The monoisotopic (exact) mass is 306 g/mol. The number of aromatic nitrogens is 1. The molecule has 4 rings (SSSR count). The van der Waals surface area contributed by atoms with Crippen LogP contribution in [0.3, 0.4) is 0 Å². The zero-order valence-corrected chi connectivity index (χ0v) is 13.7. The Morgan fingerprint density at radius 3 is 2.74 bits per heavy atom. The highest BCUT2D eigenvalue weighted by molar-refractivity contribution is 5.94. The summed E-state index contributed by atoms with van der Waals surface area (Å²) >= 11 is 0. The maximum Gasteiger partial charge on any atom is 0.254 e. The van der Waals surface area contributed by atoms with Crippen molar-refractivity contribution in [3.63, 3.8) is 0 Å².